The topological polar surface area (TPSA) is 49.3 Å². The molecule has 1 saturated carbocycles. The Balaban J connectivity index is 2.41. The average Bonchev–Trinajstić information content (AvgIpc) is 1.96. The molecule has 70 valence electrons. The summed E-state index contributed by atoms with van der Waals surface area (Å²) < 4.78 is 0. The average molecular weight is 171 g/mol. The van der Waals surface area contributed by atoms with Crippen LogP contribution in [0.2, 0.25) is 0 Å². The largest absolute Gasteiger partial charge is 0.480 e. The van der Waals surface area contributed by atoms with E-state index in [9.17, 15) is 4.79 Å². The Morgan fingerprint density at radius 2 is 2.25 bits per heavy atom. The molecule has 12 heavy (non-hydrogen) atoms. The molecule has 1 atom stereocenters. The lowest BCUT2D eigenvalue weighted by atomic mass is 9.67. The number of nitrogens with one attached hydrogen (secondary N) is 1. The molecule has 1 aliphatic carbocycles. The molecule has 0 aromatic rings. The van der Waals surface area contributed by atoms with E-state index in [0.717, 1.165) is 6.42 Å². The molecule has 1 aliphatic rings. The van der Waals surface area contributed by atoms with E-state index >= 15 is 0 Å². The Hall–Kier alpha value is -0.570. The van der Waals surface area contributed by atoms with Crippen molar-refractivity contribution in [2.45, 2.75) is 38.6 Å². The lowest BCUT2D eigenvalue weighted by Crippen LogP contribution is -2.41. The van der Waals surface area contributed by atoms with Gasteiger partial charge in [-0.15, -0.1) is 0 Å². The van der Waals surface area contributed by atoms with Gasteiger partial charge in [-0.3, -0.25) is 4.79 Å². The Labute approximate surface area is 73.2 Å². The fourth-order valence-corrected chi connectivity index (χ4v) is 1.79. The minimum absolute atomic E-state index is 0.284. The van der Waals surface area contributed by atoms with Crippen LogP contribution in [-0.4, -0.2) is 24.2 Å². The molecule has 0 unspecified atom stereocenters. The maximum absolute atomic E-state index is 10.7. The fraction of sp³-hybridized carbons (Fsp3) is 0.889. The maximum Gasteiger partial charge on any atom is 0.320 e. The first-order chi connectivity index (χ1) is 5.57. The minimum atomic E-state index is -0.731. The lowest BCUT2D eigenvalue weighted by Gasteiger charge is -2.40. The van der Waals surface area contributed by atoms with Crippen LogP contribution in [0.15, 0.2) is 0 Å². The van der Waals surface area contributed by atoms with Gasteiger partial charge in [0, 0.05) is 0 Å². The minimum Gasteiger partial charge on any atom is -0.480 e. The summed E-state index contributed by atoms with van der Waals surface area (Å²) in [5, 5.41) is 11.6. The first kappa shape index (κ1) is 9.52. The van der Waals surface area contributed by atoms with Gasteiger partial charge in [0.05, 0.1) is 0 Å². The molecule has 0 spiro atoms. The number of carboxylic acid groups (broad SMARTS) is 1. The van der Waals surface area contributed by atoms with E-state index in [1.54, 1.807) is 7.05 Å². The van der Waals surface area contributed by atoms with Gasteiger partial charge in [0.25, 0.3) is 0 Å². The maximum atomic E-state index is 10.7. The van der Waals surface area contributed by atoms with Crippen LogP contribution in [0.25, 0.3) is 0 Å². The molecule has 0 saturated heterocycles. The van der Waals surface area contributed by atoms with Crippen LogP contribution in [0, 0.1) is 5.41 Å². The highest BCUT2D eigenvalue weighted by molar-refractivity contribution is 5.73. The van der Waals surface area contributed by atoms with Crippen LogP contribution in [0.3, 0.4) is 0 Å². The Kier molecular flexibility index (Phi) is 2.73. The fourth-order valence-electron chi connectivity index (χ4n) is 1.79. The van der Waals surface area contributed by atoms with E-state index in [1.807, 2.05) is 0 Å². The smallest absolute Gasteiger partial charge is 0.320 e. The third-order valence-electron chi connectivity index (χ3n) is 2.90. The Bertz CT molecular complexity index is 175. The van der Waals surface area contributed by atoms with E-state index in [4.69, 9.17) is 5.11 Å². The van der Waals surface area contributed by atoms with Crippen LogP contribution < -0.4 is 5.32 Å². The predicted molar refractivity (Wildman–Crippen MR) is 47.1 cm³/mol. The number of rotatable bonds is 4. The van der Waals surface area contributed by atoms with Crippen LogP contribution >= 0.6 is 0 Å². The monoisotopic (exact) mass is 171 g/mol. The molecule has 1 fully saturated rings. The molecule has 1 rings (SSSR count). The van der Waals surface area contributed by atoms with E-state index in [1.165, 1.54) is 19.3 Å². The first-order valence-corrected chi connectivity index (χ1v) is 4.47. The van der Waals surface area contributed by atoms with E-state index in [-0.39, 0.29) is 11.5 Å². The Morgan fingerprint density at radius 3 is 2.50 bits per heavy atom. The number of hydrogen-bond acceptors (Lipinski definition) is 2. The number of carbonyl (C=O) groups is 1. The van der Waals surface area contributed by atoms with Crippen LogP contribution in [-0.2, 0) is 4.79 Å². The molecule has 2 N–H and O–H groups in total. The second-order valence-electron chi connectivity index (χ2n) is 4.05. The van der Waals surface area contributed by atoms with Crippen molar-refractivity contribution in [3.8, 4) is 0 Å². The summed E-state index contributed by atoms with van der Waals surface area (Å²) in [6.45, 7) is 2.17. The quantitative estimate of drug-likeness (QED) is 0.669. The number of aliphatic carboxylic acids is 1. The van der Waals surface area contributed by atoms with Gasteiger partial charge in [0.1, 0.15) is 6.04 Å². The zero-order valence-electron chi connectivity index (χ0n) is 7.76. The van der Waals surface area contributed by atoms with Gasteiger partial charge in [-0.25, -0.2) is 0 Å². The van der Waals surface area contributed by atoms with Gasteiger partial charge in [0.2, 0.25) is 0 Å². The molecular formula is C9H17NO2. The molecule has 0 radical (unpaired) electrons. The SMILES string of the molecule is CN[C@@H](CC1(C)CCC1)C(=O)O. The number of likely N-dealkylation sites (N-methyl/N-ethyl adjacent to an activating group) is 1. The van der Waals surface area contributed by atoms with Crippen molar-refractivity contribution >= 4 is 5.97 Å². The molecule has 3 heteroatoms. The first-order valence-electron chi connectivity index (χ1n) is 4.47. The Morgan fingerprint density at radius 1 is 1.67 bits per heavy atom. The van der Waals surface area contributed by atoms with Crippen molar-refractivity contribution in [2.75, 3.05) is 7.05 Å². The second-order valence-corrected chi connectivity index (χ2v) is 4.05. The summed E-state index contributed by atoms with van der Waals surface area (Å²) in [7, 11) is 1.71. The summed E-state index contributed by atoms with van der Waals surface area (Å²) in [4.78, 5) is 10.7. The van der Waals surface area contributed by atoms with Crippen LogP contribution in [0.4, 0.5) is 0 Å². The molecule has 0 heterocycles. The summed E-state index contributed by atoms with van der Waals surface area (Å²) in [5.74, 6) is -0.731. The van der Waals surface area contributed by atoms with Crippen LogP contribution in [0.1, 0.15) is 32.6 Å². The third kappa shape index (κ3) is 1.97. The zero-order valence-corrected chi connectivity index (χ0v) is 7.76. The normalized spacial score (nSPS) is 22.8. The number of hydrogen-bond donors (Lipinski definition) is 2. The van der Waals surface area contributed by atoms with E-state index < -0.39 is 5.97 Å². The van der Waals surface area contributed by atoms with Crippen molar-refractivity contribution in [3.63, 3.8) is 0 Å². The molecule has 0 aliphatic heterocycles. The standard InChI is InChI=1S/C9H17NO2/c1-9(4-3-5-9)6-7(10-2)8(11)12/h7,10H,3-6H2,1-2H3,(H,11,12)/t7-/m0/s1. The summed E-state index contributed by atoms with van der Waals surface area (Å²) in [6, 6.07) is -0.365. The summed E-state index contributed by atoms with van der Waals surface area (Å²) in [5.41, 5.74) is 0.284. The second kappa shape index (κ2) is 3.44. The predicted octanol–water partition coefficient (Wildman–Crippen LogP) is 1.24. The lowest BCUT2D eigenvalue weighted by molar-refractivity contribution is -0.140. The van der Waals surface area contributed by atoms with E-state index in [2.05, 4.69) is 12.2 Å². The van der Waals surface area contributed by atoms with Gasteiger partial charge in [0.15, 0.2) is 0 Å². The highest BCUT2D eigenvalue weighted by Gasteiger charge is 2.35. The molecular weight excluding hydrogens is 154 g/mol. The highest BCUT2D eigenvalue weighted by atomic mass is 16.4. The van der Waals surface area contributed by atoms with Crippen molar-refractivity contribution in [2.24, 2.45) is 5.41 Å². The van der Waals surface area contributed by atoms with Gasteiger partial charge in [-0.2, -0.15) is 0 Å². The van der Waals surface area contributed by atoms with Gasteiger partial charge in [-0.05, 0) is 31.7 Å². The van der Waals surface area contributed by atoms with Crippen molar-refractivity contribution in [1.29, 1.82) is 0 Å². The van der Waals surface area contributed by atoms with Crippen molar-refractivity contribution in [1.82, 2.24) is 5.32 Å². The van der Waals surface area contributed by atoms with Gasteiger partial charge in [-0.1, -0.05) is 13.3 Å². The van der Waals surface area contributed by atoms with Gasteiger partial charge < -0.3 is 10.4 Å². The highest BCUT2D eigenvalue weighted by Crippen LogP contribution is 2.43. The molecule has 3 nitrogen and oxygen atoms in total. The summed E-state index contributed by atoms with van der Waals surface area (Å²) in [6.07, 6.45) is 4.38. The summed E-state index contributed by atoms with van der Waals surface area (Å²) >= 11 is 0. The van der Waals surface area contributed by atoms with Crippen molar-refractivity contribution in [3.05, 3.63) is 0 Å². The van der Waals surface area contributed by atoms with Gasteiger partial charge >= 0.3 is 5.97 Å². The number of carboxylic acids is 1. The zero-order chi connectivity index (χ0) is 9.19. The third-order valence-corrected chi connectivity index (χ3v) is 2.90. The van der Waals surface area contributed by atoms with E-state index in [0.29, 0.717) is 0 Å². The van der Waals surface area contributed by atoms with Crippen LogP contribution in [0.5, 0.6) is 0 Å². The molecule has 0 bridgehead atoms. The molecule has 0 aromatic heterocycles. The van der Waals surface area contributed by atoms with Crippen molar-refractivity contribution < 1.29 is 9.90 Å². The molecule has 0 amide bonds. The molecule has 0 aromatic carbocycles.